The van der Waals surface area contributed by atoms with E-state index < -0.39 is 0 Å². The second-order valence-corrected chi connectivity index (χ2v) is 4.79. The van der Waals surface area contributed by atoms with Gasteiger partial charge in [-0.05, 0) is 30.5 Å². The highest BCUT2D eigenvalue weighted by atomic mass is 32.1. The molecule has 0 aliphatic heterocycles. The van der Waals surface area contributed by atoms with E-state index in [2.05, 4.69) is 0 Å². The van der Waals surface area contributed by atoms with Crippen LogP contribution in [0.1, 0.15) is 20.8 Å². The van der Waals surface area contributed by atoms with E-state index in [0.717, 1.165) is 4.88 Å². The number of rotatable bonds is 3. The van der Waals surface area contributed by atoms with Crippen molar-refractivity contribution in [3.05, 3.63) is 45.6 Å². The second kappa shape index (κ2) is 4.59. The largest absolute Gasteiger partial charge is 0.497 e. The molecule has 1 aromatic heterocycles. The number of ether oxygens (including phenoxy) is 1. The maximum absolute atomic E-state index is 12.2. The fourth-order valence-corrected chi connectivity index (χ4v) is 2.34. The quantitative estimate of drug-likeness (QED) is 0.670. The molecular formula is C13H13NO2S. The van der Waals surface area contributed by atoms with Crippen molar-refractivity contribution in [2.75, 3.05) is 12.8 Å². The van der Waals surface area contributed by atoms with Crippen molar-refractivity contribution >= 4 is 22.8 Å². The molecule has 1 heterocycles. The second-order valence-electron chi connectivity index (χ2n) is 3.67. The summed E-state index contributed by atoms with van der Waals surface area (Å²) in [7, 11) is 1.57. The van der Waals surface area contributed by atoms with Crippen molar-refractivity contribution in [1.82, 2.24) is 0 Å². The molecule has 2 aromatic rings. The molecule has 0 fully saturated rings. The van der Waals surface area contributed by atoms with Crippen LogP contribution >= 0.6 is 11.3 Å². The van der Waals surface area contributed by atoms with Gasteiger partial charge in [-0.25, -0.2) is 0 Å². The van der Waals surface area contributed by atoms with E-state index in [0.29, 0.717) is 22.6 Å². The SMILES string of the molecule is COc1ccc(C(=O)c2ccsc2C)c(N)c1. The van der Waals surface area contributed by atoms with Crippen LogP contribution in [0.15, 0.2) is 29.6 Å². The summed E-state index contributed by atoms with van der Waals surface area (Å²) < 4.78 is 5.05. The van der Waals surface area contributed by atoms with E-state index in [1.807, 2.05) is 18.4 Å². The van der Waals surface area contributed by atoms with Crippen molar-refractivity contribution in [2.45, 2.75) is 6.92 Å². The van der Waals surface area contributed by atoms with Gasteiger partial charge in [-0.15, -0.1) is 11.3 Å². The summed E-state index contributed by atoms with van der Waals surface area (Å²) in [5, 5.41) is 1.91. The number of aryl methyl sites for hydroxylation is 1. The number of benzene rings is 1. The van der Waals surface area contributed by atoms with Gasteiger partial charge in [0, 0.05) is 27.8 Å². The lowest BCUT2D eigenvalue weighted by Gasteiger charge is -2.06. The summed E-state index contributed by atoms with van der Waals surface area (Å²) in [6.45, 7) is 1.93. The van der Waals surface area contributed by atoms with Gasteiger partial charge in [0.25, 0.3) is 0 Å². The zero-order valence-electron chi connectivity index (χ0n) is 9.69. The molecule has 1 aromatic carbocycles. The Kier molecular flexibility index (Phi) is 3.15. The maximum atomic E-state index is 12.2. The predicted molar refractivity (Wildman–Crippen MR) is 69.9 cm³/mol. The van der Waals surface area contributed by atoms with Gasteiger partial charge in [-0.3, -0.25) is 4.79 Å². The van der Waals surface area contributed by atoms with Crippen molar-refractivity contribution in [2.24, 2.45) is 0 Å². The first-order valence-electron chi connectivity index (χ1n) is 5.16. The Labute approximate surface area is 104 Å². The molecule has 0 saturated heterocycles. The smallest absolute Gasteiger partial charge is 0.196 e. The third-order valence-electron chi connectivity index (χ3n) is 2.61. The minimum Gasteiger partial charge on any atom is -0.497 e. The highest BCUT2D eigenvalue weighted by molar-refractivity contribution is 7.10. The summed E-state index contributed by atoms with van der Waals surface area (Å²) in [4.78, 5) is 13.2. The van der Waals surface area contributed by atoms with Gasteiger partial charge in [0.05, 0.1) is 7.11 Å². The Morgan fingerprint density at radius 3 is 2.59 bits per heavy atom. The number of carbonyl (C=O) groups excluding carboxylic acids is 1. The molecule has 4 heteroatoms. The van der Waals surface area contributed by atoms with E-state index >= 15 is 0 Å². The number of nitrogen functional groups attached to an aromatic ring is 1. The molecule has 0 aliphatic carbocycles. The molecular weight excluding hydrogens is 234 g/mol. The third-order valence-corrected chi connectivity index (χ3v) is 3.45. The molecule has 0 aliphatic rings. The summed E-state index contributed by atoms with van der Waals surface area (Å²) >= 11 is 1.55. The van der Waals surface area contributed by atoms with Gasteiger partial charge in [0.15, 0.2) is 5.78 Å². The highest BCUT2D eigenvalue weighted by Gasteiger charge is 2.15. The first kappa shape index (κ1) is 11.7. The van der Waals surface area contributed by atoms with Crippen molar-refractivity contribution in [3.63, 3.8) is 0 Å². The number of hydrogen-bond acceptors (Lipinski definition) is 4. The van der Waals surface area contributed by atoms with Crippen molar-refractivity contribution in [1.29, 1.82) is 0 Å². The molecule has 3 nitrogen and oxygen atoms in total. The topological polar surface area (TPSA) is 52.3 Å². The van der Waals surface area contributed by atoms with Gasteiger partial charge in [-0.1, -0.05) is 0 Å². The molecule has 0 atom stereocenters. The third kappa shape index (κ3) is 2.17. The first-order chi connectivity index (χ1) is 8.13. The van der Waals surface area contributed by atoms with E-state index in [1.54, 1.807) is 36.6 Å². The lowest BCUT2D eigenvalue weighted by atomic mass is 10.0. The van der Waals surface area contributed by atoms with Crippen LogP contribution in [0.2, 0.25) is 0 Å². The molecule has 2 N–H and O–H groups in total. The van der Waals surface area contributed by atoms with E-state index in [-0.39, 0.29) is 5.78 Å². The summed E-state index contributed by atoms with van der Waals surface area (Å²) in [5.74, 6) is 0.616. The average Bonchev–Trinajstić information content (AvgIpc) is 2.74. The van der Waals surface area contributed by atoms with Gasteiger partial charge in [-0.2, -0.15) is 0 Å². The monoisotopic (exact) mass is 247 g/mol. The molecule has 88 valence electrons. The number of nitrogens with two attached hydrogens (primary N) is 1. The summed E-state index contributed by atoms with van der Waals surface area (Å²) in [5.41, 5.74) is 7.54. The Morgan fingerprint density at radius 1 is 1.29 bits per heavy atom. The van der Waals surface area contributed by atoms with E-state index in [1.165, 1.54) is 0 Å². The van der Waals surface area contributed by atoms with Crippen LogP contribution in [-0.2, 0) is 0 Å². The lowest BCUT2D eigenvalue weighted by molar-refractivity contribution is 0.103. The Hall–Kier alpha value is -1.81. The standard InChI is InChI=1S/C13H13NO2S/c1-8-10(5-6-17-8)13(15)11-4-3-9(16-2)7-12(11)14/h3-7H,14H2,1-2H3. The molecule has 0 amide bonds. The minimum atomic E-state index is -0.0381. The van der Waals surface area contributed by atoms with Gasteiger partial charge in [0.2, 0.25) is 0 Å². The minimum absolute atomic E-state index is 0.0381. The van der Waals surface area contributed by atoms with Crippen LogP contribution in [0.3, 0.4) is 0 Å². The lowest BCUT2D eigenvalue weighted by Crippen LogP contribution is -2.05. The van der Waals surface area contributed by atoms with Crippen LogP contribution in [0.25, 0.3) is 0 Å². The molecule has 0 saturated carbocycles. The number of anilines is 1. The Balaban J connectivity index is 2.41. The number of carbonyl (C=O) groups is 1. The van der Waals surface area contributed by atoms with Crippen LogP contribution in [0, 0.1) is 6.92 Å². The number of ketones is 1. The average molecular weight is 247 g/mol. The number of thiophene rings is 1. The van der Waals surface area contributed by atoms with Crippen LogP contribution < -0.4 is 10.5 Å². The van der Waals surface area contributed by atoms with E-state index in [9.17, 15) is 4.79 Å². The first-order valence-corrected chi connectivity index (χ1v) is 6.03. The van der Waals surface area contributed by atoms with Crippen LogP contribution in [0.4, 0.5) is 5.69 Å². The van der Waals surface area contributed by atoms with Gasteiger partial charge >= 0.3 is 0 Å². The molecule has 0 spiro atoms. The highest BCUT2D eigenvalue weighted by Crippen LogP contribution is 2.25. The van der Waals surface area contributed by atoms with Crippen LogP contribution in [-0.4, -0.2) is 12.9 Å². The maximum Gasteiger partial charge on any atom is 0.196 e. The van der Waals surface area contributed by atoms with Gasteiger partial charge in [0.1, 0.15) is 5.75 Å². The molecule has 17 heavy (non-hydrogen) atoms. The summed E-state index contributed by atoms with van der Waals surface area (Å²) in [6, 6.07) is 6.93. The Morgan fingerprint density at radius 2 is 2.06 bits per heavy atom. The van der Waals surface area contributed by atoms with Crippen LogP contribution in [0.5, 0.6) is 5.75 Å². The molecule has 0 radical (unpaired) electrons. The molecule has 0 bridgehead atoms. The number of methoxy groups -OCH3 is 1. The fraction of sp³-hybridized carbons (Fsp3) is 0.154. The normalized spacial score (nSPS) is 10.2. The Bertz CT molecular complexity index is 560. The predicted octanol–water partition coefficient (Wildman–Crippen LogP) is 2.88. The fourth-order valence-electron chi connectivity index (χ4n) is 1.64. The van der Waals surface area contributed by atoms with Crippen molar-refractivity contribution in [3.8, 4) is 5.75 Å². The van der Waals surface area contributed by atoms with E-state index in [4.69, 9.17) is 10.5 Å². The zero-order valence-corrected chi connectivity index (χ0v) is 10.5. The zero-order chi connectivity index (χ0) is 12.4. The van der Waals surface area contributed by atoms with Crippen molar-refractivity contribution < 1.29 is 9.53 Å². The molecule has 0 unspecified atom stereocenters. The number of hydrogen-bond donors (Lipinski definition) is 1. The molecule has 2 rings (SSSR count). The van der Waals surface area contributed by atoms with Gasteiger partial charge < -0.3 is 10.5 Å². The summed E-state index contributed by atoms with van der Waals surface area (Å²) in [6.07, 6.45) is 0.